The lowest BCUT2D eigenvalue weighted by molar-refractivity contribution is 0.215. The summed E-state index contributed by atoms with van der Waals surface area (Å²) in [4.78, 5) is 0. The first-order valence-electron chi connectivity index (χ1n) is 4.76. The fraction of sp³-hybridized carbons (Fsp3) is 0.800. The van der Waals surface area contributed by atoms with E-state index in [-0.39, 0.29) is 6.10 Å². The number of rotatable bonds is 0. The van der Waals surface area contributed by atoms with Gasteiger partial charge in [-0.25, -0.2) is 0 Å². The summed E-state index contributed by atoms with van der Waals surface area (Å²) in [6, 6.07) is 0. The molecule has 60 valence electrons. The Morgan fingerprint density at radius 1 is 1.18 bits per heavy atom. The van der Waals surface area contributed by atoms with Gasteiger partial charge in [0.15, 0.2) is 0 Å². The largest absolute Gasteiger partial charge is 0.389 e. The molecule has 1 heteroatoms. The van der Waals surface area contributed by atoms with Crippen molar-refractivity contribution >= 4 is 0 Å². The molecule has 11 heavy (non-hydrogen) atoms. The molecule has 0 radical (unpaired) electrons. The van der Waals surface area contributed by atoms with Gasteiger partial charge in [0.1, 0.15) is 0 Å². The van der Waals surface area contributed by atoms with Gasteiger partial charge < -0.3 is 5.11 Å². The zero-order chi connectivity index (χ0) is 7.42. The van der Waals surface area contributed by atoms with E-state index in [2.05, 4.69) is 0 Å². The summed E-state index contributed by atoms with van der Waals surface area (Å²) in [5.74, 6) is 1.76. The van der Waals surface area contributed by atoms with Gasteiger partial charge >= 0.3 is 0 Å². The average molecular weight is 150 g/mol. The summed E-state index contributed by atoms with van der Waals surface area (Å²) in [5.41, 5.74) is 3.10. The molecule has 0 aromatic carbocycles. The fourth-order valence-electron chi connectivity index (χ4n) is 3.37. The summed E-state index contributed by atoms with van der Waals surface area (Å²) >= 11 is 0. The molecule has 1 N–H and O–H groups in total. The molecule has 2 bridgehead atoms. The molecule has 1 nitrogen and oxygen atoms in total. The van der Waals surface area contributed by atoms with E-state index in [1.54, 1.807) is 5.57 Å². The van der Waals surface area contributed by atoms with Gasteiger partial charge in [-0.3, -0.25) is 0 Å². The van der Waals surface area contributed by atoms with Gasteiger partial charge in [0.05, 0.1) is 6.10 Å². The predicted octanol–water partition coefficient (Wildman–Crippen LogP) is 1.87. The lowest BCUT2D eigenvalue weighted by atomic mass is 9.88. The van der Waals surface area contributed by atoms with Crippen LogP contribution >= 0.6 is 0 Å². The molecule has 0 amide bonds. The highest BCUT2D eigenvalue weighted by molar-refractivity contribution is 5.34. The third kappa shape index (κ3) is 0.652. The van der Waals surface area contributed by atoms with Crippen LogP contribution in [-0.4, -0.2) is 11.2 Å². The van der Waals surface area contributed by atoms with Crippen molar-refractivity contribution in [2.75, 3.05) is 0 Å². The quantitative estimate of drug-likeness (QED) is 0.523. The number of allylic oxidation sites excluding steroid dienone is 1. The van der Waals surface area contributed by atoms with Gasteiger partial charge in [-0.2, -0.15) is 0 Å². The molecule has 3 unspecified atom stereocenters. The van der Waals surface area contributed by atoms with E-state index in [1.165, 1.54) is 31.3 Å². The van der Waals surface area contributed by atoms with Crippen LogP contribution in [0.5, 0.6) is 0 Å². The van der Waals surface area contributed by atoms with E-state index in [0.717, 1.165) is 18.3 Å². The van der Waals surface area contributed by atoms with Crippen LogP contribution in [0.3, 0.4) is 0 Å². The zero-order valence-corrected chi connectivity index (χ0v) is 6.71. The average Bonchev–Trinajstić information content (AvgIpc) is 2.60. The maximum Gasteiger partial charge on any atom is 0.0755 e. The highest BCUT2D eigenvalue weighted by Gasteiger charge is 2.44. The molecule has 0 aromatic heterocycles. The van der Waals surface area contributed by atoms with Crippen LogP contribution in [0.4, 0.5) is 0 Å². The van der Waals surface area contributed by atoms with E-state index in [0.29, 0.717) is 0 Å². The number of aliphatic hydroxyl groups is 1. The van der Waals surface area contributed by atoms with Crippen molar-refractivity contribution in [3.8, 4) is 0 Å². The first-order valence-corrected chi connectivity index (χ1v) is 4.76. The smallest absolute Gasteiger partial charge is 0.0755 e. The van der Waals surface area contributed by atoms with Gasteiger partial charge in [-0.05, 0) is 49.5 Å². The van der Waals surface area contributed by atoms with E-state index < -0.39 is 0 Å². The van der Waals surface area contributed by atoms with Crippen molar-refractivity contribution in [1.82, 2.24) is 0 Å². The molecule has 3 atom stereocenters. The van der Waals surface area contributed by atoms with E-state index >= 15 is 0 Å². The minimum atomic E-state index is -0.0414. The highest BCUT2D eigenvalue weighted by atomic mass is 16.3. The van der Waals surface area contributed by atoms with E-state index in [4.69, 9.17) is 0 Å². The van der Waals surface area contributed by atoms with Gasteiger partial charge in [0, 0.05) is 0 Å². The van der Waals surface area contributed by atoms with Crippen molar-refractivity contribution in [2.24, 2.45) is 11.8 Å². The van der Waals surface area contributed by atoms with E-state index in [9.17, 15) is 5.11 Å². The predicted molar refractivity (Wildman–Crippen MR) is 43.1 cm³/mol. The summed E-state index contributed by atoms with van der Waals surface area (Å²) in [6.45, 7) is 0. The molecule has 3 aliphatic rings. The highest BCUT2D eigenvalue weighted by Crippen LogP contribution is 2.54. The number of hydrogen-bond donors (Lipinski definition) is 1. The Kier molecular flexibility index (Phi) is 1.07. The SMILES string of the molecule is OC1CCC2C1=C1CCC2C1. The Hall–Kier alpha value is -0.300. The fourth-order valence-corrected chi connectivity index (χ4v) is 3.37. The molecular weight excluding hydrogens is 136 g/mol. The van der Waals surface area contributed by atoms with Gasteiger partial charge in [0.2, 0.25) is 0 Å². The zero-order valence-electron chi connectivity index (χ0n) is 6.71. The topological polar surface area (TPSA) is 20.2 Å². The summed E-state index contributed by atoms with van der Waals surface area (Å²) in [7, 11) is 0. The van der Waals surface area contributed by atoms with Crippen LogP contribution in [0.15, 0.2) is 11.1 Å². The van der Waals surface area contributed by atoms with Crippen LogP contribution < -0.4 is 0 Å². The second-order valence-corrected chi connectivity index (χ2v) is 4.26. The van der Waals surface area contributed by atoms with Crippen LogP contribution in [0.25, 0.3) is 0 Å². The van der Waals surface area contributed by atoms with Crippen LogP contribution in [-0.2, 0) is 0 Å². The van der Waals surface area contributed by atoms with Crippen molar-refractivity contribution in [3.63, 3.8) is 0 Å². The standard InChI is InChI=1S/C10H14O/c11-9-4-3-8-6-1-2-7(5-6)10(8)9/h6,8-9,11H,1-5H2. The summed E-state index contributed by atoms with van der Waals surface area (Å²) in [5, 5.41) is 9.66. The second-order valence-electron chi connectivity index (χ2n) is 4.26. The Morgan fingerprint density at radius 2 is 2.09 bits per heavy atom. The van der Waals surface area contributed by atoms with Crippen molar-refractivity contribution < 1.29 is 5.11 Å². The van der Waals surface area contributed by atoms with Crippen molar-refractivity contribution in [2.45, 2.75) is 38.2 Å². The lowest BCUT2D eigenvalue weighted by Crippen LogP contribution is -2.11. The molecule has 0 saturated heterocycles. The van der Waals surface area contributed by atoms with Crippen LogP contribution in [0.2, 0.25) is 0 Å². The Balaban J connectivity index is 2.07. The van der Waals surface area contributed by atoms with Crippen LogP contribution in [0, 0.1) is 11.8 Å². The molecule has 0 heterocycles. The molecule has 0 aromatic rings. The molecule has 2 fully saturated rings. The maximum atomic E-state index is 9.66. The maximum absolute atomic E-state index is 9.66. The van der Waals surface area contributed by atoms with Crippen molar-refractivity contribution in [3.05, 3.63) is 11.1 Å². The van der Waals surface area contributed by atoms with E-state index in [1.807, 2.05) is 0 Å². The summed E-state index contributed by atoms with van der Waals surface area (Å²) < 4.78 is 0. The third-order valence-corrected chi connectivity index (χ3v) is 3.81. The van der Waals surface area contributed by atoms with Crippen LogP contribution in [0.1, 0.15) is 32.1 Å². The Morgan fingerprint density at radius 3 is 2.91 bits per heavy atom. The number of fused-ring (bicyclic) bond motifs is 4. The second kappa shape index (κ2) is 1.89. The first-order chi connectivity index (χ1) is 5.36. The van der Waals surface area contributed by atoms with Crippen molar-refractivity contribution in [1.29, 1.82) is 0 Å². The monoisotopic (exact) mass is 150 g/mol. The molecule has 0 aliphatic heterocycles. The third-order valence-electron chi connectivity index (χ3n) is 3.81. The molecule has 3 rings (SSSR count). The lowest BCUT2D eigenvalue weighted by Gasteiger charge is -2.17. The molecule has 2 saturated carbocycles. The van der Waals surface area contributed by atoms with Gasteiger partial charge in [-0.1, -0.05) is 5.57 Å². The molecule has 0 spiro atoms. The first kappa shape index (κ1) is 6.24. The Bertz CT molecular complexity index is 229. The minimum Gasteiger partial charge on any atom is -0.389 e. The normalized spacial score (nSPS) is 47.2. The van der Waals surface area contributed by atoms with Gasteiger partial charge in [-0.15, -0.1) is 0 Å². The summed E-state index contributed by atoms with van der Waals surface area (Å²) in [6.07, 6.45) is 6.31. The number of hydrogen-bond acceptors (Lipinski definition) is 1. The Labute approximate surface area is 67.1 Å². The van der Waals surface area contributed by atoms with Gasteiger partial charge in [0.25, 0.3) is 0 Å². The minimum absolute atomic E-state index is 0.0414. The molecular formula is C10H14O. The molecule has 3 aliphatic carbocycles. The number of aliphatic hydroxyl groups excluding tert-OH is 1.